The van der Waals surface area contributed by atoms with Crippen LogP contribution in [0.2, 0.25) is 0 Å². The average Bonchev–Trinajstić information content (AvgIpc) is 2.72. The number of aryl methyl sites for hydroxylation is 2. The lowest BCUT2D eigenvalue weighted by Crippen LogP contribution is -2.03. The minimum atomic E-state index is -0.337. The summed E-state index contributed by atoms with van der Waals surface area (Å²) in [5.74, 6) is 1.94. The Kier molecular flexibility index (Phi) is 1.74. The molecule has 0 saturated heterocycles. The van der Waals surface area contributed by atoms with E-state index < -0.39 is 0 Å². The molecule has 1 aromatic heterocycles. The molecular formula is C12H10O4. The Bertz CT molecular complexity index is 639. The van der Waals surface area contributed by atoms with Crippen molar-refractivity contribution >= 4 is 10.8 Å². The van der Waals surface area contributed by atoms with Gasteiger partial charge < -0.3 is 13.9 Å². The third-order valence-corrected chi connectivity index (χ3v) is 2.91. The molecule has 0 unspecified atom stereocenters. The topological polar surface area (TPSA) is 48.7 Å². The van der Waals surface area contributed by atoms with Gasteiger partial charge in [0.25, 0.3) is 0 Å². The molecule has 4 heteroatoms. The summed E-state index contributed by atoms with van der Waals surface area (Å²) < 4.78 is 15.8. The highest BCUT2D eigenvalue weighted by Crippen LogP contribution is 2.40. The molecule has 1 aliphatic rings. The Balaban J connectivity index is 2.56. The van der Waals surface area contributed by atoms with Crippen molar-refractivity contribution in [2.24, 2.45) is 0 Å². The van der Waals surface area contributed by atoms with Gasteiger partial charge >= 0.3 is 5.63 Å². The smallest absolute Gasteiger partial charge is 0.343 e. The summed E-state index contributed by atoms with van der Waals surface area (Å²) in [6, 6.07) is 3.44. The third-order valence-electron chi connectivity index (χ3n) is 2.91. The lowest BCUT2D eigenvalue weighted by Gasteiger charge is -2.06. The molecule has 0 amide bonds. The van der Waals surface area contributed by atoms with E-state index in [-0.39, 0.29) is 12.4 Å². The van der Waals surface area contributed by atoms with Gasteiger partial charge in [-0.1, -0.05) is 0 Å². The van der Waals surface area contributed by atoms with E-state index in [1.54, 1.807) is 19.1 Å². The Labute approximate surface area is 91.4 Å². The molecule has 3 rings (SSSR count). The lowest BCUT2D eigenvalue weighted by molar-refractivity contribution is 0.175. The van der Waals surface area contributed by atoms with E-state index in [2.05, 4.69) is 0 Å². The van der Waals surface area contributed by atoms with Gasteiger partial charge in [0.2, 0.25) is 6.79 Å². The summed E-state index contributed by atoms with van der Waals surface area (Å²) in [5, 5.41) is 1.33. The van der Waals surface area contributed by atoms with Gasteiger partial charge in [0, 0.05) is 5.39 Å². The van der Waals surface area contributed by atoms with Crippen LogP contribution < -0.4 is 15.1 Å². The van der Waals surface area contributed by atoms with Crippen LogP contribution in [0.4, 0.5) is 0 Å². The molecule has 0 bridgehead atoms. The van der Waals surface area contributed by atoms with Gasteiger partial charge in [-0.3, -0.25) is 0 Å². The fourth-order valence-electron chi connectivity index (χ4n) is 1.96. The molecule has 0 atom stereocenters. The van der Waals surface area contributed by atoms with Crippen LogP contribution in [-0.4, -0.2) is 6.79 Å². The number of hydrogen-bond acceptors (Lipinski definition) is 4. The number of fused-ring (bicyclic) bond motifs is 3. The molecule has 0 N–H and O–H groups in total. The van der Waals surface area contributed by atoms with Crippen LogP contribution in [0, 0.1) is 13.8 Å². The quantitative estimate of drug-likeness (QED) is 0.679. The van der Waals surface area contributed by atoms with E-state index in [4.69, 9.17) is 13.9 Å². The van der Waals surface area contributed by atoms with Crippen molar-refractivity contribution in [1.29, 1.82) is 0 Å². The van der Waals surface area contributed by atoms with Gasteiger partial charge in [-0.25, -0.2) is 4.79 Å². The second kappa shape index (κ2) is 3.01. The summed E-state index contributed by atoms with van der Waals surface area (Å²) in [6.45, 7) is 3.88. The van der Waals surface area contributed by atoms with Crippen molar-refractivity contribution in [2.75, 3.05) is 6.79 Å². The van der Waals surface area contributed by atoms with Crippen molar-refractivity contribution in [3.05, 3.63) is 33.9 Å². The average molecular weight is 218 g/mol. The van der Waals surface area contributed by atoms with Crippen molar-refractivity contribution in [2.45, 2.75) is 13.8 Å². The molecule has 1 aliphatic heterocycles. The van der Waals surface area contributed by atoms with E-state index in [9.17, 15) is 4.79 Å². The van der Waals surface area contributed by atoms with Crippen molar-refractivity contribution in [3.63, 3.8) is 0 Å². The van der Waals surface area contributed by atoms with E-state index in [0.29, 0.717) is 22.6 Å². The van der Waals surface area contributed by atoms with Crippen LogP contribution in [0.25, 0.3) is 10.8 Å². The Morgan fingerprint density at radius 1 is 1.19 bits per heavy atom. The Morgan fingerprint density at radius 3 is 2.81 bits per heavy atom. The fraction of sp³-hybridized carbons (Fsp3) is 0.250. The van der Waals surface area contributed by atoms with Gasteiger partial charge in [-0.05, 0) is 31.5 Å². The maximum absolute atomic E-state index is 11.7. The van der Waals surface area contributed by atoms with Crippen LogP contribution in [0.15, 0.2) is 21.3 Å². The molecule has 82 valence electrons. The zero-order valence-electron chi connectivity index (χ0n) is 8.99. The summed E-state index contributed by atoms with van der Waals surface area (Å²) in [7, 11) is 0. The van der Waals surface area contributed by atoms with Crippen LogP contribution >= 0.6 is 0 Å². The second-order valence-corrected chi connectivity index (χ2v) is 3.79. The van der Waals surface area contributed by atoms with Crippen LogP contribution in [0.3, 0.4) is 0 Å². The minimum Gasteiger partial charge on any atom is -0.454 e. The fourth-order valence-corrected chi connectivity index (χ4v) is 1.96. The predicted octanol–water partition coefficient (Wildman–Crippen LogP) is 2.14. The molecule has 0 aliphatic carbocycles. The zero-order chi connectivity index (χ0) is 11.3. The number of rotatable bonds is 0. The minimum absolute atomic E-state index is 0.202. The van der Waals surface area contributed by atoms with E-state index in [1.807, 2.05) is 6.92 Å². The Morgan fingerprint density at radius 2 is 2.00 bits per heavy atom. The first kappa shape index (κ1) is 9.27. The highest BCUT2D eigenvalue weighted by Gasteiger charge is 2.20. The monoisotopic (exact) mass is 218 g/mol. The first-order valence-electron chi connectivity index (χ1n) is 5.01. The summed E-state index contributed by atoms with van der Waals surface area (Å²) in [6.07, 6.45) is 0. The summed E-state index contributed by atoms with van der Waals surface area (Å²) in [4.78, 5) is 11.7. The largest absolute Gasteiger partial charge is 0.454 e. The van der Waals surface area contributed by atoms with Crippen LogP contribution in [-0.2, 0) is 0 Å². The highest BCUT2D eigenvalue weighted by molar-refractivity contribution is 5.93. The van der Waals surface area contributed by atoms with Crippen molar-refractivity contribution < 1.29 is 13.9 Å². The lowest BCUT2D eigenvalue weighted by atomic mass is 10.1. The molecule has 0 fully saturated rings. The van der Waals surface area contributed by atoms with Crippen LogP contribution in [0.1, 0.15) is 11.3 Å². The standard InChI is InChI=1S/C12H10O4/c1-6-7(2)16-12(13)8-3-4-9-11(10(6)8)15-5-14-9/h3-4H,5H2,1-2H3. The van der Waals surface area contributed by atoms with E-state index in [0.717, 1.165) is 10.9 Å². The molecule has 4 nitrogen and oxygen atoms in total. The SMILES string of the molecule is Cc1oc(=O)c2ccc3c(c2c1C)OCO3. The number of hydrogen-bond donors (Lipinski definition) is 0. The number of ether oxygens (including phenoxy) is 2. The van der Waals surface area contributed by atoms with Gasteiger partial charge in [-0.2, -0.15) is 0 Å². The highest BCUT2D eigenvalue weighted by atomic mass is 16.7. The van der Waals surface area contributed by atoms with E-state index in [1.165, 1.54) is 0 Å². The first-order valence-corrected chi connectivity index (χ1v) is 5.01. The van der Waals surface area contributed by atoms with Crippen molar-refractivity contribution in [3.8, 4) is 11.5 Å². The predicted molar refractivity (Wildman–Crippen MR) is 58.1 cm³/mol. The normalized spacial score (nSPS) is 13.4. The molecule has 2 heterocycles. The van der Waals surface area contributed by atoms with Gasteiger partial charge in [0.15, 0.2) is 11.5 Å². The van der Waals surface area contributed by atoms with Gasteiger partial charge in [-0.15, -0.1) is 0 Å². The second-order valence-electron chi connectivity index (χ2n) is 3.79. The third kappa shape index (κ3) is 1.07. The first-order chi connectivity index (χ1) is 7.68. The molecular weight excluding hydrogens is 208 g/mol. The molecule has 2 aromatic rings. The maximum atomic E-state index is 11.7. The van der Waals surface area contributed by atoms with Crippen molar-refractivity contribution in [1.82, 2.24) is 0 Å². The molecule has 16 heavy (non-hydrogen) atoms. The van der Waals surface area contributed by atoms with E-state index >= 15 is 0 Å². The van der Waals surface area contributed by atoms with Gasteiger partial charge in [0.05, 0.1) is 5.39 Å². The summed E-state index contributed by atoms with van der Waals surface area (Å²) in [5.41, 5.74) is 0.577. The number of benzene rings is 1. The molecule has 0 spiro atoms. The molecule has 1 aromatic carbocycles. The van der Waals surface area contributed by atoms with Crippen LogP contribution in [0.5, 0.6) is 11.5 Å². The molecule has 0 radical (unpaired) electrons. The Hall–Kier alpha value is -1.97. The molecule has 0 saturated carbocycles. The van der Waals surface area contributed by atoms with Gasteiger partial charge in [0.1, 0.15) is 5.76 Å². The zero-order valence-corrected chi connectivity index (χ0v) is 8.99. The summed E-state index contributed by atoms with van der Waals surface area (Å²) >= 11 is 0. The maximum Gasteiger partial charge on any atom is 0.343 e.